The zero-order valence-electron chi connectivity index (χ0n) is 9.83. The summed E-state index contributed by atoms with van der Waals surface area (Å²) in [5.74, 6) is 0.112. The lowest BCUT2D eigenvalue weighted by molar-refractivity contribution is 0.509. The monoisotopic (exact) mass is 268 g/mol. The quantitative estimate of drug-likeness (QED) is 0.840. The first-order valence-electron chi connectivity index (χ1n) is 6.15. The Labute approximate surface area is 109 Å². The second-order valence-corrected chi connectivity index (χ2v) is 5.77. The smallest absolute Gasteiger partial charge is 0.161 e. The summed E-state index contributed by atoms with van der Waals surface area (Å²) in [4.78, 5) is 4.64. The minimum atomic E-state index is -0.833. The zero-order valence-corrected chi connectivity index (χ0v) is 10.6. The summed E-state index contributed by atoms with van der Waals surface area (Å²) in [6, 6.07) is 4.24. The van der Waals surface area contributed by atoms with Crippen molar-refractivity contribution in [1.29, 1.82) is 0 Å². The minimum Gasteiger partial charge on any atom is -0.335 e. The molecule has 2 nitrogen and oxygen atoms in total. The molecule has 1 aromatic rings. The van der Waals surface area contributed by atoms with E-state index in [-0.39, 0.29) is 0 Å². The second-order valence-electron chi connectivity index (χ2n) is 4.76. The molecule has 1 N–H and O–H groups in total. The van der Waals surface area contributed by atoms with Gasteiger partial charge in [0.1, 0.15) is 0 Å². The van der Waals surface area contributed by atoms with Crippen molar-refractivity contribution < 1.29 is 8.78 Å². The van der Waals surface area contributed by atoms with Gasteiger partial charge >= 0.3 is 0 Å². The van der Waals surface area contributed by atoms with Gasteiger partial charge in [0.2, 0.25) is 0 Å². The highest BCUT2D eigenvalue weighted by atomic mass is 32.2. The molecule has 1 aliphatic heterocycles. The zero-order chi connectivity index (χ0) is 12.5. The molecule has 5 heteroatoms. The van der Waals surface area contributed by atoms with Crippen molar-refractivity contribution in [2.24, 2.45) is 10.9 Å². The van der Waals surface area contributed by atoms with E-state index in [9.17, 15) is 8.78 Å². The van der Waals surface area contributed by atoms with Gasteiger partial charge in [-0.2, -0.15) is 0 Å². The summed E-state index contributed by atoms with van der Waals surface area (Å²) >= 11 is 1.67. The predicted molar refractivity (Wildman–Crippen MR) is 71.0 cm³/mol. The van der Waals surface area contributed by atoms with Crippen molar-refractivity contribution in [3.8, 4) is 0 Å². The Morgan fingerprint density at radius 2 is 2.11 bits per heavy atom. The van der Waals surface area contributed by atoms with E-state index in [1.165, 1.54) is 25.0 Å². The van der Waals surface area contributed by atoms with Crippen LogP contribution >= 0.6 is 11.8 Å². The average molecular weight is 268 g/mol. The maximum atomic E-state index is 13.1. The van der Waals surface area contributed by atoms with Crippen molar-refractivity contribution in [3.05, 3.63) is 29.8 Å². The van der Waals surface area contributed by atoms with Gasteiger partial charge in [-0.25, -0.2) is 8.78 Å². The summed E-state index contributed by atoms with van der Waals surface area (Å²) in [6.07, 6.45) is 3.66. The molecular formula is C13H14F2N2S. The highest BCUT2D eigenvalue weighted by molar-refractivity contribution is 8.14. The first-order chi connectivity index (χ1) is 8.72. The highest BCUT2D eigenvalue weighted by Gasteiger charge is 2.30. The van der Waals surface area contributed by atoms with Gasteiger partial charge in [-0.15, -0.1) is 0 Å². The van der Waals surface area contributed by atoms with E-state index in [2.05, 4.69) is 10.3 Å². The van der Waals surface area contributed by atoms with Crippen molar-refractivity contribution >= 4 is 22.6 Å². The Kier molecular flexibility index (Phi) is 3.24. The van der Waals surface area contributed by atoms with Crippen LogP contribution < -0.4 is 5.32 Å². The third kappa shape index (κ3) is 2.36. The van der Waals surface area contributed by atoms with Gasteiger partial charge in [-0.3, -0.25) is 4.99 Å². The van der Waals surface area contributed by atoms with Crippen LogP contribution in [0.15, 0.2) is 23.2 Å². The first kappa shape index (κ1) is 12.0. The molecule has 2 atom stereocenters. The lowest BCUT2D eigenvalue weighted by atomic mass is 10.1. The molecule has 2 aliphatic rings. The molecule has 3 rings (SSSR count). The number of hydrogen-bond donors (Lipinski definition) is 1. The van der Waals surface area contributed by atoms with Crippen LogP contribution in [0, 0.1) is 17.6 Å². The molecule has 96 valence electrons. The summed E-state index contributed by atoms with van der Waals surface area (Å²) < 4.78 is 25.9. The largest absolute Gasteiger partial charge is 0.335 e. The third-order valence-corrected chi connectivity index (χ3v) is 4.58. The van der Waals surface area contributed by atoms with Gasteiger partial charge in [-0.05, 0) is 30.9 Å². The lowest BCUT2D eigenvalue weighted by Gasteiger charge is -2.23. The average Bonchev–Trinajstić information content (AvgIpc) is 2.81. The highest BCUT2D eigenvalue weighted by Crippen LogP contribution is 2.35. The number of aliphatic imine (C=N–C) groups is 1. The summed E-state index contributed by atoms with van der Waals surface area (Å²) in [5, 5.41) is 3.89. The summed E-state index contributed by atoms with van der Waals surface area (Å²) in [7, 11) is 0. The van der Waals surface area contributed by atoms with Gasteiger partial charge in [0.15, 0.2) is 16.8 Å². The van der Waals surface area contributed by atoms with Crippen LogP contribution in [0.1, 0.15) is 19.3 Å². The van der Waals surface area contributed by atoms with Crippen LogP contribution in [-0.2, 0) is 0 Å². The van der Waals surface area contributed by atoms with E-state index >= 15 is 0 Å². The predicted octanol–water partition coefficient (Wildman–Crippen LogP) is 3.65. The number of halogens is 2. The van der Waals surface area contributed by atoms with Crippen LogP contribution in [0.5, 0.6) is 0 Å². The Balaban J connectivity index is 1.74. The number of hydrogen-bond acceptors (Lipinski definition) is 3. The van der Waals surface area contributed by atoms with Crippen LogP contribution in [0.3, 0.4) is 0 Å². The number of thioether (sulfide) groups is 1. The number of benzene rings is 1. The third-order valence-electron chi connectivity index (χ3n) is 3.51. The van der Waals surface area contributed by atoms with Crippen LogP contribution in [0.2, 0.25) is 0 Å². The number of anilines is 1. The minimum absolute atomic E-state index is 0.416. The summed E-state index contributed by atoms with van der Waals surface area (Å²) in [6.45, 7) is 0. The van der Waals surface area contributed by atoms with Crippen molar-refractivity contribution in [3.63, 3.8) is 0 Å². The van der Waals surface area contributed by atoms with Crippen LogP contribution in [-0.4, -0.2) is 17.0 Å². The van der Waals surface area contributed by atoms with E-state index in [1.54, 1.807) is 11.8 Å². The van der Waals surface area contributed by atoms with E-state index in [1.807, 2.05) is 0 Å². The number of nitrogens with one attached hydrogen (secondary N) is 1. The molecule has 0 radical (unpaired) electrons. The van der Waals surface area contributed by atoms with Gasteiger partial charge in [0, 0.05) is 17.5 Å². The van der Waals surface area contributed by atoms with Crippen LogP contribution in [0.4, 0.5) is 14.5 Å². The maximum Gasteiger partial charge on any atom is 0.161 e. The van der Waals surface area contributed by atoms with Crippen molar-refractivity contribution in [1.82, 2.24) is 0 Å². The molecule has 0 spiro atoms. The fourth-order valence-electron chi connectivity index (χ4n) is 2.52. The lowest BCUT2D eigenvalue weighted by Crippen LogP contribution is -2.25. The number of rotatable bonds is 1. The molecule has 1 fully saturated rings. The first-order valence-corrected chi connectivity index (χ1v) is 7.13. The van der Waals surface area contributed by atoms with E-state index in [4.69, 9.17) is 0 Å². The molecule has 1 aliphatic carbocycles. The molecule has 1 aromatic carbocycles. The van der Waals surface area contributed by atoms with Crippen molar-refractivity contribution in [2.75, 3.05) is 11.1 Å². The second kappa shape index (κ2) is 4.88. The van der Waals surface area contributed by atoms with E-state index in [0.29, 0.717) is 17.6 Å². The van der Waals surface area contributed by atoms with Gasteiger partial charge in [0.25, 0.3) is 0 Å². The topological polar surface area (TPSA) is 24.4 Å². The molecule has 0 aromatic heterocycles. The van der Waals surface area contributed by atoms with Gasteiger partial charge < -0.3 is 5.32 Å². The Morgan fingerprint density at radius 3 is 2.94 bits per heavy atom. The SMILES string of the molecule is Fc1ccc(NC2=NC3CCCC3CS2)cc1F. The maximum absolute atomic E-state index is 13.1. The van der Waals surface area contributed by atoms with Crippen molar-refractivity contribution in [2.45, 2.75) is 25.3 Å². The Morgan fingerprint density at radius 1 is 1.22 bits per heavy atom. The van der Waals surface area contributed by atoms with E-state index < -0.39 is 11.6 Å². The molecule has 1 saturated carbocycles. The number of fused-ring (bicyclic) bond motifs is 1. The molecule has 1 heterocycles. The molecular weight excluding hydrogens is 254 g/mol. The normalized spacial score (nSPS) is 26.7. The Hall–Kier alpha value is -1.10. The molecule has 18 heavy (non-hydrogen) atoms. The fraction of sp³-hybridized carbons (Fsp3) is 0.462. The standard InChI is InChI=1S/C13H14F2N2S/c14-10-5-4-9(6-11(10)15)16-13-17-12-3-1-2-8(12)7-18-13/h4-6,8,12H,1-3,7H2,(H,16,17). The van der Waals surface area contributed by atoms with Gasteiger partial charge in [-0.1, -0.05) is 18.2 Å². The molecule has 0 bridgehead atoms. The number of nitrogens with zero attached hydrogens (tertiary/aromatic N) is 1. The Bertz CT molecular complexity index is 490. The number of amidine groups is 1. The van der Waals surface area contributed by atoms with E-state index in [0.717, 1.165) is 23.4 Å². The van der Waals surface area contributed by atoms with Gasteiger partial charge in [0.05, 0.1) is 6.04 Å². The summed E-state index contributed by atoms with van der Waals surface area (Å²) in [5.41, 5.74) is 0.552. The molecule has 0 amide bonds. The molecule has 0 saturated heterocycles. The molecule has 2 unspecified atom stereocenters. The fourth-order valence-corrected chi connectivity index (χ4v) is 3.68. The van der Waals surface area contributed by atoms with Crippen LogP contribution in [0.25, 0.3) is 0 Å².